The Labute approximate surface area is 144 Å². The Morgan fingerprint density at radius 2 is 2.04 bits per heavy atom. The topological polar surface area (TPSA) is 73.6 Å². The van der Waals surface area contributed by atoms with Crippen molar-refractivity contribution in [3.8, 4) is 5.75 Å². The lowest BCUT2D eigenvalue weighted by atomic mass is 9.54. The molecule has 0 aromatic heterocycles. The summed E-state index contributed by atoms with van der Waals surface area (Å²) in [5.74, 6) is 0.654. The van der Waals surface area contributed by atoms with E-state index in [0.717, 1.165) is 11.3 Å². The quantitative estimate of drug-likeness (QED) is 0.804. The fraction of sp³-hybridized carbons (Fsp3) is 0.632. The van der Waals surface area contributed by atoms with Crippen molar-refractivity contribution in [1.82, 2.24) is 5.32 Å². The van der Waals surface area contributed by atoms with Gasteiger partial charge in [0.2, 0.25) is 5.91 Å². The summed E-state index contributed by atoms with van der Waals surface area (Å²) >= 11 is 0. The summed E-state index contributed by atoms with van der Waals surface area (Å²) in [4.78, 5) is 12.7. The SMILES string of the molecule is CCOC1CC(N)(C(=O)NCc2ccccc2OC(C)C)C1(C)C. The Morgan fingerprint density at radius 3 is 2.62 bits per heavy atom. The van der Waals surface area contributed by atoms with E-state index in [9.17, 15) is 4.79 Å². The number of amides is 1. The van der Waals surface area contributed by atoms with Gasteiger partial charge in [0.05, 0.1) is 12.2 Å². The van der Waals surface area contributed by atoms with Crippen molar-refractivity contribution in [2.75, 3.05) is 6.61 Å². The van der Waals surface area contributed by atoms with Crippen LogP contribution in [-0.2, 0) is 16.1 Å². The van der Waals surface area contributed by atoms with Crippen LogP contribution in [0, 0.1) is 5.41 Å². The number of benzene rings is 1. The number of rotatable bonds is 7. The van der Waals surface area contributed by atoms with Gasteiger partial charge in [0.1, 0.15) is 11.3 Å². The molecule has 0 aliphatic heterocycles. The van der Waals surface area contributed by atoms with Gasteiger partial charge >= 0.3 is 0 Å². The van der Waals surface area contributed by atoms with Gasteiger partial charge < -0.3 is 20.5 Å². The fourth-order valence-electron chi connectivity index (χ4n) is 3.17. The first-order valence-electron chi connectivity index (χ1n) is 8.65. The van der Waals surface area contributed by atoms with Crippen molar-refractivity contribution in [3.63, 3.8) is 0 Å². The summed E-state index contributed by atoms with van der Waals surface area (Å²) in [7, 11) is 0. The first-order chi connectivity index (χ1) is 11.2. The van der Waals surface area contributed by atoms with Gasteiger partial charge in [-0.25, -0.2) is 0 Å². The molecule has 1 saturated carbocycles. The Kier molecular flexibility index (Phi) is 5.56. The molecule has 24 heavy (non-hydrogen) atoms. The van der Waals surface area contributed by atoms with Crippen LogP contribution in [0.25, 0.3) is 0 Å². The fourth-order valence-corrected chi connectivity index (χ4v) is 3.17. The predicted octanol–water partition coefficient (Wildman–Crippen LogP) is 2.62. The molecule has 1 aliphatic rings. The molecular formula is C19H30N2O3. The Balaban J connectivity index is 2.02. The number of carbonyl (C=O) groups excluding carboxylic acids is 1. The van der Waals surface area contributed by atoms with Gasteiger partial charge in [0.15, 0.2) is 0 Å². The van der Waals surface area contributed by atoms with E-state index in [2.05, 4.69) is 5.32 Å². The Hall–Kier alpha value is -1.59. The molecule has 2 unspecified atom stereocenters. The largest absolute Gasteiger partial charge is 0.491 e. The molecule has 134 valence electrons. The average molecular weight is 334 g/mol. The number of nitrogens with one attached hydrogen (secondary N) is 1. The van der Waals surface area contributed by atoms with E-state index >= 15 is 0 Å². The maximum Gasteiger partial charge on any atom is 0.241 e. The zero-order chi connectivity index (χ0) is 18.0. The van der Waals surface area contributed by atoms with Gasteiger partial charge in [-0.1, -0.05) is 32.0 Å². The molecule has 0 saturated heterocycles. The lowest BCUT2D eigenvalue weighted by Crippen LogP contribution is -2.75. The summed E-state index contributed by atoms with van der Waals surface area (Å²) < 4.78 is 11.5. The van der Waals surface area contributed by atoms with Crippen LogP contribution in [0.15, 0.2) is 24.3 Å². The van der Waals surface area contributed by atoms with Crippen LogP contribution in [-0.4, -0.2) is 30.3 Å². The van der Waals surface area contributed by atoms with E-state index in [1.165, 1.54) is 0 Å². The highest BCUT2D eigenvalue weighted by molar-refractivity contribution is 5.88. The monoisotopic (exact) mass is 334 g/mol. The van der Waals surface area contributed by atoms with Crippen molar-refractivity contribution in [2.45, 2.75) is 65.3 Å². The molecule has 3 N–H and O–H groups in total. The van der Waals surface area contributed by atoms with E-state index in [4.69, 9.17) is 15.2 Å². The van der Waals surface area contributed by atoms with Gasteiger partial charge in [0, 0.05) is 30.6 Å². The average Bonchev–Trinajstić information content (AvgIpc) is 2.52. The highest BCUT2D eigenvalue weighted by Crippen LogP contribution is 2.49. The molecule has 1 aromatic rings. The number of hydrogen-bond donors (Lipinski definition) is 2. The molecule has 0 heterocycles. The standard InChI is InChI=1S/C19H30N2O3/c1-6-23-16-11-19(20,18(16,4)5)17(22)21-12-14-9-7-8-10-15(14)24-13(2)3/h7-10,13,16H,6,11-12,20H2,1-5H3,(H,21,22). The third-order valence-corrected chi connectivity index (χ3v) is 5.01. The second-order valence-corrected chi connectivity index (χ2v) is 7.30. The summed E-state index contributed by atoms with van der Waals surface area (Å²) in [6, 6.07) is 7.73. The molecule has 1 amide bonds. The first kappa shape index (κ1) is 18.7. The molecule has 5 nitrogen and oxygen atoms in total. The molecule has 5 heteroatoms. The van der Waals surface area contributed by atoms with Crippen LogP contribution in [0.3, 0.4) is 0 Å². The third kappa shape index (κ3) is 3.42. The summed E-state index contributed by atoms with van der Waals surface area (Å²) in [6.45, 7) is 10.9. The number of para-hydroxylation sites is 1. The molecule has 1 fully saturated rings. The number of ether oxygens (including phenoxy) is 2. The van der Waals surface area contributed by atoms with Crippen LogP contribution in [0.2, 0.25) is 0 Å². The summed E-state index contributed by atoms with van der Waals surface area (Å²) in [6.07, 6.45) is 0.652. The molecule has 0 bridgehead atoms. The molecule has 0 radical (unpaired) electrons. The second-order valence-electron chi connectivity index (χ2n) is 7.30. The van der Waals surface area contributed by atoms with Crippen LogP contribution in [0.5, 0.6) is 5.75 Å². The number of hydrogen-bond acceptors (Lipinski definition) is 4. The van der Waals surface area contributed by atoms with Crippen molar-refractivity contribution in [2.24, 2.45) is 11.1 Å². The molecule has 2 rings (SSSR count). The zero-order valence-electron chi connectivity index (χ0n) is 15.4. The first-order valence-corrected chi connectivity index (χ1v) is 8.65. The highest BCUT2D eigenvalue weighted by Gasteiger charge is 2.62. The van der Waals surface area contributed by atoms with Gasteiger partial charge in [-0.3, -0.25) is 4.79 Å². The molecule has 1 aliphatic carbocycles. The third-order valence-electron chi connectivity index (χ3n) is 5.01. The van der Waals surface area contributed by atoms with Crippen LogP contribution >= 0.6 is 0 Å². The van der Waals surface area contributed by atoms with E-state index in [1.807, 2.05) is 58.9 Å². The molecular weight excluding hydrogens is 304 g/mol. The molecule has 1 aromatic carbocycles. The zero-order valence-corrected chi connectivity index (χ0v) is 15.4. The van der Waals surface area contributed by atoms with Crippen LogP contribution in [0.1, 0.15) is 46.6 Å². The summed E-state index contributed by atoms with van der Waals surface area (Å²) in [5, 5.41) is 2.97. The van der Waals surface area contributed by atoms with E-state index < -0.39 is 5.54 Å². The molecule has 2 atom stereocenters. The Bertz CT molecular complexity index is 586. The number of carbonyl (C=O) groups is 1. The van der Waals surface area contributed by atoms with E-state index in [0.29, 0.717) is 19.6 Å². The van der Waals surface area contributed by atoms with Crippen molar-refractivity contribution >= 4 is 5.91 Å². The van der Waals surface area contributed by atoms with Gasteiger partial charge in [0.25, 0.3) is 0 Å². The minimum absolute atomic E-state index is 0.0230. The minimum atomic E-state index is -0.902. The lowest BCUT2D eigenvalue weighted by Gasteiger charge is -2.57. The lowest BCUT2D eigenvalue weighted by molar-refractivity contribution is -0.170. The van der Waals surface area contributed by atoms with Crippen molar-refractivity contribution in [3.05, 3.63) is 29.8 Å². The normalized spacial score (nSPS) is 25.2. The maximum atomic E-state index is 12.7. The van der Waals surface area contributed by atoms with Crippen LogP contribution in [0.4, 0.5) is 0 Å². The predicted molar refractivity (Wildman–Crippen MR) is 94.8 cm³/mol. The number of nitrogens with two attached hydrogens (primary N) is 1. The smallest absolute Gasteiger partial charge is 0.241 e. The summed E-state index contributed by atoms with van der Waals surface area (Å²) in [5.41, 5.74) is 6.06. The Morgan fingerprint density at radius 1 is 1.38 bits per heavy atom. The van der Waals surface area contributed by atoms with Gasteiger partial charge in [-0.2, -0.15) is 0 Å². The van der Waals surface area contributed by atoms with Crippen molar-refractivity contribution in [1.29, 1.82) is 0 Å². The minimum Gasteiger partial charge on any atom is -0.491 e. The molecule has 0 spiro atoms. The van der Waals surface area contributed by atoms with E-state index in [1.54, 1.807) is 0 Å². The second kappa shape index (κ2) is 7.11. The maximum absolute atomic E-state index is 12.7. The van der Waals surface area contributed by atoms with Gasteiger partial charge in [-0.15, -0.1) is 0 Å². The van der Waals surface area contributed by atoms with Crippen LogP contribution < -0.4 is 15.8 Å². The van der Waals surface area contributed by atoms with Gasteiger partial charge in [-0.05, 0) is 26.8 Å². The van der Waals surface area contributed by atoms with E-state index in [-0.39, 0.29) is 23.5 Å². The highest BCUT2D eigenvalue weighted by atomic mass is 16.5. The van der Waals surface area contributed by atoms with Crippen molar-refractivity contribution < 1.29 is 14.3 Å².